The van der Waals surface area contributed by atoms with E-state index in [9.17, 15) is 19.0 Å². The van der Waals surface area contributed by atoms with E-state index in [1.54, 1.807) is 24.3 Å². The first-order valence-corrected chi connectivity index (χ1v) is 14.3. The van der Waals surface area contributed by atoms with Crippen LogP contribution in [0.4, 0.5) is 11.4 Å². The fourth-order valence-corrected chi connectivity index (χ4v) is 8.87. The Labute approximate surface area is 174 Å². The van der Waals surface area contributed by atoms with Crippen molar-refractivity contribution in [3.8, 4) is 11.5 Å². The Morgan fingerprint density at radius 3 is 2.29 bits per heavy atom. The van der Waals surface area contributed by atoms with Gasteiger partial charge in [-0.1, -0.05) is 0 Å². The number of hydrogen-bond acceptors (Lipinski definition) is 7. The monoisotopic (exact) mass is 482 g/mol. The Balaban J connectivity index is 0.00000288. The Kier molecular flexibility index (Phi) is 9.78. The number of hydrogen-bond donors (Lipinski definition) is 4. The van der Waals surface area contributed by atoms with Crippen LogP contribution in [0.15, 0.2) is 36.4 Å². The van der Waals surface area contributed by atoms with Crippen LogP contribution in [0.25, 0.3) is 0 Å². The Hall–Kier alpha value is -0.173. The Morgan fingerprint density at radius 1 is 1.12 bits per heavy atom. The van der Waals surface area contributed by atoms with Gasteiger partial charge in [0.25, 0.3) is 0 Å². The maximum atomic E-state index is 10.3. The molecule has 11 heteroatoms. The number of phenols is 2. The van der Waals surface area contributed by atoms with E-state index in [2.05, 4.69) is 9.50 Å². The fraction of sp³-hybridized carbons (Fsp3) is 0.0769. The van der Waals surface area contributed by atoms with E-state index in [1.165, 1.54) is 0 Å². The van der Waals surface area contributed by atoms with Crippen LogP contribution in [0.3, 0.4) is 0 Å². The molecule has 2 aromatic carbocycles. The standard InChI is InChI=1S/C13H14As2N2O5S.Na/c16-10-5-8(1-3-12(10)18)14-15-9-2-4-13(19)11(6-9)17-7-22-23(20)21;/h1-6,17-19H,7,16H2,(H,20,21);/q;+1/p-1. The first-order valence-electron chi connectivity index (χ1n) is 6.25. The Morgan fingerprint density at radius 2 is 1.71 bits per heavy atom. The van der Waals surface area contributed by atoms with E-state index < -0.39 is 11.4 Å². The van der Waals surface area contributed by atoms with Crippen LogP contribution in [0.2, 0.25) is 0 Å². The molecule has 0 spiro atoms. The predicted octanol–water partition coefficient (Wildman–Crippen LogP) is -3.86. The third-order valence-corrected chi connectivity index (χ3v) is 11.5. The van der Waals surface area contributed by atoms with Crippen LogP contribution < -0.4 is 49.3 Å². The molecular formula is C13H13As2N2NaO5S. The summed E-state index contributed by atoms with van der Waals surface area (Å²) in [6.07, 6.45) is 0. The number of nitrogen functional groups attached to an aromatic ring is 1. The van der Waals surface area contributed by atoms with Gasteiger partial charge in [0.1, 0.15) is 0 Å². The zero-order chi connectivity index (χ0) is 16.8. The summed E-state index contributed by atoms with van der Waals surface area (Å²) in [6, 6.07) is 10.4. The number of nitrogens with one attached hydrogen (secondary N) is 1. The SMILES string of the molecule is Nc1cc([As]=[As]c2ccc(O)c(NCOS(=O)[O-])c2)ccc1O.[Na+]. The van der Waals surface area contributed by atoms with Crippen molar-refractivity contribution in [2.24, 2.45) is 0 Å². The van der Waals surface area contributed by atoms with E-state index in [-0.39, 0.29) is 74.1 Å². The molecule has 0 fully saturated rings. The van der Waals surface area contributed by atoms with Gasteiger partial charge in [-0.15, -0.1) is 0 Å². The van der Waals surface area contributed by atoms with Gasteiger partial charge in [0.15, 0.2) is 0 Å². The van der Waals surface area contributed by atoms with Crippen molar-refractivity contribution in [3.05, 3.63) is 36.4 Å². The number of aromatic hydroxyl groups is 2. The normalized spacial score (nSPS) is 11.9. The minimum absolute atomic E-state index is 0. The largest absolute Gasteiger partial charge is 1.00 e. The van der Waals surface area contributed by atoms with Crippen LogP contribution in [0, 0.1) is 0 Å². The van der Waals surface area contributed by atoms with E-state index in [0.29, 0.717) is 11.4 Å². The molecule has 0 amide bonds. The second-order valence-electron chi connectivity index (χ2n) is 4.29. The molecule has 2 aromatic rings. The third-order valence-electron chi connectivity index (χ3n) is 2.69. The van der Waals surface area contributed by atoms with Gasteiger partial charge in [-0.25, -0.2) is 0 Å². The molecule has 0 aliphatic heterocycles. The molecule has 1 atom stereocenters. The molecule has 2 rings (SSSR count). The summed E-state index contributed by atoms with van der Waals surface area (Å²) in [4.78, 5) is 0. The molecule has 0 bridgehead atoms. The second-order valence-corrected chi connectivity index (χ2v) is 12.3. The summed E-state index contributed by atoms with van der Waals surface area (Å²) in [5, 5.41) is 21.9. The second kappa shape index (κ2) is 10.7. The van der Waals surface area contributed by atoms with E-state index in [0.717, 1.165) is 8.70 Å². The van der Waals surface area contributed by atoms with Crippen molar-refractivity contribution in [1.82, 2.24) is 0 Å². The zero-order valence-corrected chi connectivity index (χ0v) is 19.2. The van der Waals surface area contributed by atoms with E-state index in [1.807, 2.05) is 12.1 Å². The first kappa shape index (κ1) is 21.9. The number of phenolic OH excluding ortho intramolecular Hbond substituents is 2. The summed E-state index contributed by atoms with van der Waals surface area (Å²) < 4.78 is 27.2. The summed E-state index contributed by atoms with van der Waals surface area (Å²) in [5.41, 5.74) is 6.48. The quantitative estimate of drug-likeness (QED) is 0.109. The molecule has 0 saturated carbocycles. The van der Waals surface area contributed by atoms with Gasteiger partial charge >= 0.3 is 176 Å². The summed E-state index contributed by atoms with van der Waals surface area (Å²) in [7, 11) is 0. The summed E-state index contributed by atoms with van der Waals surface area (Å²) >= 11 is -2.84. The number of rotatable bonds is 6. The fourth-order valence-electron chi connectivity index (χ4n) is 1.60. The summed E-state index contributed by atoms with van der Waals surface area (Å²) in [5.74, 6) is 0.110. The van der Waals surface area contributed by atoms with Crippen molar-refractivity contribution < 1.29 is 52.7 Å². The molecule has 7 nitrogen and oxygen atoms in total. The molecule has 0 radical (unpaired) electrons. The van der Waals surface area contributed by atoms with E-state index in [4.69, 9.17) is 5.73 Å². The number of nitrogens with two attached hydrogens (primary N) is 1. The molecule has 0 aliphatic carbocycles. The molecule has 24 heavy (non-hydrogen) atoms. The minimum Gasteiger partial charge on any atom is 1.00 e. The van der Waals surface area contributed by atoms with E-state index >= 15 is 0 Å². The first-order chi connectivity index (χ1) is 11.0. The van der Waals surface area contributed by atoms with Crippen molar-refractivity contribution in [2.45, 2.75) is 0 Å². The number of benzene rings is 2. The van der Waals surface area contributed by atoms with Crippen molar-refractivity contribution >= 4 is 57.7 Å². The minimum atomic E-state index is -2.60. The van der Waals surface area contributed by atoms with Gasteiger partial charge in [0, 0.05) is 0 Å². The van der Waals surface area contributed by atoms with Crippen LogP contribution in [0.5, 0.6) is 11.5 Å². The van der Waals surface area contributed by atoms with Crippen LogP contribution in [-0.4, -0.2) is 52.0 Å². The van der Waals surface area contributed by atoms with Gasteiger partial charge in [-0.05, 0) is 0 Å². The predicted molar refractivity (Wildman–Crippen MR) is 89.9 cm³/mol. The molecule has 0 heterocycles. The molecular weight excluding hydrogens is 469 g/mol. The van der Waals surface area contributed by atoms with Gasteiger partial charge < -0.3 is 0 Å². The maximum absolute atomic E-state index is 10.3. The molecule has 122 valence electrons. The molecule has 5 N–H and O–H groups in total. The van der Waals surface area contributed by atoms with Gasteiger partial charge in [0.2, 0.25) is 0 Å². The molecule has 0 saturated heterocycles. The van der Waals surface area contributed by atoms with Gasteiger partial charge in [-0.2, -0.15) is 0 Å². The third kappa shape index (κ3) is 6.98. The zero-order valence-electron chi connectivity index (χ0n) is 12.7. The Bertz CT molecular complexity index is 763. The van der Waals surface area contributed by atoms with Crippen molar-refractivity contribution in [2.75, 3.05) is 17.8 Å². The average molecular weight is 482 g/mol. The molecule has 1 unspecified atom stereocenters. The topological polar surface area (TPSA) is 128 Å². The molecule has 0 aromatic heterocycles. The molecule has 0 aliphatic rings. The average Bonchev–Trinajstić information content (AvgIpc) is 2.50. The summed E-state index contributed by atoms with van der Waals surface area (Å²) in [6.45, 7) is -0.244. The van der Waals surface area contributed by atoms with Crippen molar-refractivity contribution in [3.63, 3.8) is 0 Å². The van der Waals surface area contributed by atoms with Crippen molar-refractivity contribution in [1.29, 1.82) is 0 Å². The van der Waals surface area contributed by atoms with Gasteiger partial charge in [0.05, 0.1) is 0 Å². The van der Waals surface area contributed by atoms with Crippen LogP contribution >= 0.6 is 0 Å². The smallest absolute Gasteiger partial charge is 1.00 e. The van der Waals surface area contributed by atoms with Crippen LogP contribution in [0.1, 0.15) is 0 Å². The van der Waals surface area contributed by atoms with Crippen LogP contribution in [-0.2, 0) is 15.5 Å². The van der Waals surface area contributed by atoms with Gasteiger partial charge in [-0.3, -0.25) is 0 Å². The number of anilines is 2. The maximum Gasteiger partial charge on any atom is 1.00 e.